The molecule has 2 aliphatic heterocycles. The summed E-state index contributed by atoms with van der Waals surface area (Å²) in [5, 5.41) is 3.27. The van der Waals surface area contributed by atoms with Crippen LogP contribution in [0.2, 0.25) is 0 Å². The van der Waals surface area contributed by atoms with Gasteiger partial charge < -0.3 is 14.4 Å². The lowest BCUT2D eigenvalue weighted by Gasteiger charge is -2.22. The van der Waals surface area contributed by atoms with E-state index in [1.54, 1.807) is 7.11 Å². The summed E-state index contributed by atoms with van der Waals surface area (Å²) in [6, 6.07) is -0.316. The summed E-state index contributed by atoms with van der Waals surface area (Å²) in [5.74, 6) is 0.803. The summed E-state index contributed by atoms with van der Waals surface area (Å²) < 4.78 is 25.1. The molecule has 0 bridgehead atoms. The number of ether oxygens (including phenoxy) is 2. The predicted octanol–water partition coefficient (Wildman–Crippen LogP) is 3.17. The van der Waals surface area contributed by atoms with E-state index in [0.717, 1.165) is 36.3 Å². The highest BCUT2D eigenvalue weighted by Gasteiger charge is 2.27. The van der Waals surface area contributed by atoms with Crippen molar-refractivity contribution in [2.75, 3.05) is 38.7 Å². The maximum absolute atomic E-state index is 13.3. The molecular formula is C17H21FN4O3S. The highest BCUT2D eigenvalue weighted by atomic mass is 32.1. The number of methoxy groups -OCH3 is 1. The first kappa shape index (κ1) is 17.4. The van der Waals surface area contributed by atoms with Gasteiger partial charge >= 0.3 is 6.03 Å². The van der Waals surface area contributed by atoms with Crippen LogP contribution < -0.4 is 10.1 Å². The van der Waals surface area contributed by atoms with E-state index in [0.29, 0.717) is 35.4 Å². The number of carbonyl (C=O) groups is 1. The van der Waals surface area contributed by atoms with Crippen molar-refractivity contribution in [2.24, 2.45) is 0 Å². The van der Waals surface area contributed by atoms with Crippen molar-refractivity contribution in [3.8, 4) is 5.88 Å². The molecule has 2 saturated heterocycles. The summed E-state index contributed by atoms with van der Waals surface area (Å²) in [6.45, 7) is 2.03. The molecule has 2 fully saturated rings. The van der Waals surface area contributed by atoms with E-state index in [-0.39, 0.29) is 12.6 Å². The molecule has 2 aromatic rings. The Balaban J connectivity index is 1.63. The first-order valence-corrected chi connectivity index (χ1v) is 9.58. The summed E-state index contributed by atoms with van der Waals surface area (Å²) in [4.78, 5) is 22.7. The Morgan fingerprint density at radius 2 is 2.23 bits per heavy atom. The highest BCUT2D eigenvalue weighted by molar-refractivity contribution is 7.22. The van der Waals surface area contributed by atoms with E-state index in [4.69, 9.17) is 9.47 Å². The van der Waals surface area contributed by atoms with Gasteiger partial charge in [-0.05, 0) is 30.7 Å². The van der Waals surface area contributed by atoms with Crippen LogP contribution in [0.3, 0.4) is 0 Å². The molecule has 0 aliphatic carbocycles. The molecule has 0 saturated carbocycles. The molecule has 2 aromatic heterocycles. The van der Waals surface area contributed by atoms with Crippen molar-refractivity contribution in [2.45, 2.75) is 31.4 Å². The van der Waals surface area contributed by atoms with Crippen LogP contribution in [0.4, 0.5) is 14.3 Å². The van der Waals surface area contributed by atoms with Gasteiger partial charge in [-0.15, -0.1) is 0 Å². The zero-order chi connectivity index (χ0) is 18.1. The lowest BCUT2D eigenvalue weighted by molar-refractivity contribution is 0.0855. The fraction of sp³-hybridized carbons (Fsp3) is 0.588. The predicted molar refractivity (Wildman–Crippen MR) is 96.9 cm³/mol. The first-order chi connectivity index (χ1) is 12.7. The van der Waals surface area contributed by atoms with Gasteiger partial charge in [0, 0.05) is 26.0 Å². The molecule has 140 valence electrons. The van der Waals surface area contributed by atoms with Gasteiger partial charge in [0.1, 0.15) is 11.7 Å². The monoisotopic (exact) mass is 380 g/mol. The van der Waals surface area contributed by atoms with Crippen LogP contribution in [0.15, 0.2) is 6.20 Å². The Morgan fingerprint density at radius 1 is 1.42 bits per heavy atom. The number of hydrogen-bond donors (Lipinski definition) is 1. The van der Waals surface area contributed by atoms with Crippen LogP contribution in [0, 0.1) is 0 Å². The van der Waals surface area contributed by atoms with Gasteiger partial charge in [0.15, 0.2) is 5.13 Å². The third-order valence-corrected chi connectivity index (χ3v) is 5.92. The number of nitrogens with zero attached hydrogens (tertiary/aromatic N) is 3. The minimum Gasteiger partial charge on any atom is -0.479 e. The third-order valence-electron chi connectivity index (χ3n) is 4.90. The van der Waals surface area contributed by atoms with E-state index in [1.165, 1.54) is 16.2 Å². The molecule has 1 N–H and O–H groups in total. The van der Waals surface area contributed by atoms with Gasteiger partial charge in [-0.25, -0.2) is 19.2 Å². The molecule has 9 heteroatoms. The van der Waals surface area contributed by atoms with Gasteiger partial charge in [0.25, 0.3) is 0 Å². The lowest BCUT2D eigenvalue weighted by atomic mass is 9.93. The van der Waals surface area contributed by atoms with E-state index < -0.39 is 6.17 Å². The Bertz CT molecular complexity index is 809. The highest BCUT2D eigenvalue weighted by Crippen LogP contribution is 2.39. The summed E-state index contributed by atoms with van der Waals surface area (Å²) >= 11 is 1.41. The number of halogens is 1. The van der Waals surface area contributed by atoms with Crippen molar-refractivity contribution >= 4 is 32.7 Å². The summed E-state index contributed by atoms with van der Waals surface area (Å²) in [6.07, 6.45) is 3.16. The van der Waals surface area contributed by atoms with Crippen LogP contribution in [-0.2, 0) is 4.74 Å². The number of urea groups is 1. The van der Waals surface area contributed by atoms with Gasteiger partial charge in [-0.2, -0.15) is 0 Å². The van der Waals surface area contributed by atoms with E-state index in [2.05, 4.69) is 15.3 Å². The van der Waals surface area contributed by atoms with E-state index >= 15 is 0 Å². The number of amides is 2. The number of nitrogens with one attached hydrogen (secondary N) is 1. The van der Waals surface area contributed by atoms with Crippen LogP contribution >= 0.6 is 11.3 Å². The Morgan fingerprint density at radius 3 is 2.92 bits per heavy atom. The van der Waals surface area contributed by atoms with Crippen LogP contribution in [0.5, 0.6) is 5.88 Å². The average molecular weight is 380 g/mol. The molecule has 2 amide bonds. The van der Waals surface area contributed by atoms with Crippen molar-refractivity contribution < 1.29 is 18.7 Å². The van der Waals surface area contributed by atoms with Crippen molar-refractivity contribution in [1.29, 1.82) is 0 Å². The fourth-order valence-corrected chi connectivity index (χ4v) is 4.52. The number of alkyl halides is 1. The molecule has 4 rings (SSSR count). The van der Waals surface area contributed by atoms with Crippen LogP contribution in [0.25, 0.3) is 10.2 Å². The molecule has 0 radical (unpaired) electrons. The quantitative estimate of drug-likeness (QED) is 0.885. The average Bonchev–Trinajstić information content (AvgIpc) is 3.27. The molecule has 2 aliphatic rings. The number of anilines is 1. The van der Waals surface area contributed by atoms with Gasteiger partial charge in [-0.1, -0.05) is 11.3 Å². The van der Waals surface area contributed by atoms with E-state index in [9.17, 15) is 9.18 Å². The number of likely N-dealkylation sites (tertiary alicyclic amines) is 1. The molecule has 26 heavy (non-hydrogen) atoms. The van der Waals surface area contributed by atoms with Crippen molar-refractivity contribution in [3.63, 3.8) is 0 Å². The number of rotatable bonds is 3. The number of aromatic nitrogens is 2. The smallest absolute Gasteiger partial charge is 0.323 e. The Labute approximate surface area is 154 Å². The standard InChI is InChI=1S/C17H21FN4O3S/c1-24-15-13-14(12(8-19-15)10-3-6-25-7-4-10)26-16(20-13)21-17(23)22-5-2-11(18)9-22/h8,10-11H,2-7,9H2,1H3,(H,20,21,23)/t11-/m0/s1. The molecule has 4 heterocycles. The number of carbonyl (C=O) groups excluding carboxylic acids is 1. The molecule has 7 nitrogen and oxygen atoms in total. The fourth-order valence-electron chi connectivity index (χ4n) is 3.48. The second-order valence-corrected chi connectivity index (χ2v) is 7.57. The summed E-state index contributed by atoms with van der Waals surface area (Å²) in [5.41, 5.74) is 1.77. The zero-order valence-electron chi connectivity index (χ0n) is 14.5. The zero-order valence-corrected chi connectivity index (χ0v) is 15.4. The second-order valence-electron chi connectivity index (χ2n) is 6.57. The maximum atomic E-state index is 13.3. The second kappa shape index (κ2) is 7.32. The lowest BCUT2D eigenvalue weighted by Crippen LogP contribution is -2.33. The number of hydrogen-bond acceptors (Lipinski definition) is 6. The Kier molecular flexibility index (Phi) is 4.90. The molecule has 0 unspecified atom stereocenters. The molecule has 0 spiro atoms. The normalized spacial score (nSPS) is 21.3. The third kappa shape index (κ3) is 3.33. The van der Waals surface area contributed by atoms with Crippen molar-refractivity contribution in [1.82, 2.24) is 14.9 Å². The van der Waals surface area contributed by atoms with E-state index in [1.807, 2.05) is 6.20 Å². The molecule has 1 atom stereocenters. The van der Waals surface area contributed by atoms with Gasteiger partial charge in [0.2, 0.25) is 5.88 Å². The number of thiazole rings is 1. The molecule has 0 aromatic carbocycles. The molecular weight excluding hydrogens is 359 g/mol. The maximum Gasteiger partial charge on any atom is 0.323 e. The summed E-state index contributed by atoms with van der Waals surface area (Å²) in [7, 11) is 1.55. The minimum atomic E-state index is -0.944. The van der Waals surface area contributed by atoms with Crippen LogP contribution in [0.1, 0.15) is 30.7 Å². The largest absolute Gasteiger partial charge is 0.479 e. The minimum absolute atomic E-state index is 0.134. The Hall–Kier alpha value is -2.00. The number of pyridine rings is 1. The van der Waals surface area contributed by atoms with Gasteiger partial charge in [-0.3, -0.25) is 5.32 Å². The van der Waals surface area contributed by atoms with Crippen molar-refractivity contribution in [3.05, 3.63) is 11.8 Å². The first-order valence-electron chi connectivity index (χ1n) is 8.77. The number of fused-ring (bicyclic) bond motifs is 1. The van der Waals surface area contributed by atoms with Gasteiger partial charge in [0.05, 0.1) is 18.4 Å². The topological polar surface area (TPSA) is 76.6 Å². The SMILES string of the molecule is COc1ncc(C2CCOCC2)c2sc(NC(=O)N3CC[C@H](F)C3)nc12. The van der Waals surface area contributed by atoms with Crippen LogP contribution in [-0.4, -0.2) is 60.5 Å².